The number of carbonyl (C=O) groups excluding carboxylic acids is 2. The Morgan fingerprint density at radius 3 is 2.31 bits per heavy atom. The van der Waals surface area contributed by atoms with Gasteiger partial charge in [0.2, 0.25) is 0 Å². The number of aromatic nitrogens is 2. The van der Waals surface area contributed by atoms with Crippen LogP contribution < -0.4 is 5.32 Å². The molecule has 0 fully saturated rings. The maximum Gasteiger partial charge on any atom is 0.255 e. The summed E-state index contributed by atoms with van der Waals surface area (Å²) in [5.41, 5.74) is 4.22. The molecule has 0 saturated heterocycles. The van der Waals surface area contributed by atoms with Crippen LogP contribution in [0.25, 0.3) is 0 Å². The van der Waals surface area contributed by atoms with Crippen molar-refractivity contribution in [1.29, 1.82) is 0 Å². The van der Waals surface area contributed by atoms with Gasteiger partial charge in [-0.3, -0.25) is 14.3 Å². The average Bonchev–Trinajstić information content (AvgIpc) is 3.15. The predicted molar refractivity (Wildman–Crippen MR) is 113 cm³/mol. The van der Waals surface area contributed by atoms with Gasteiger partial charge in [-0.05, 0) is 29.7 Å². The average molecular weight is 390 g/mol. The first kappa shape index (κ1) is 20.3. The van der Waals surface area contributed by atoms with Crippen molar-refractivity contribution < 1.29 is 9.59 Å². The molecule has 0 aliphatic rings. The molecule has 29 heavy (non-hydrogen) atoms. The second-order valence-electron chi connectivity index (χ2n) is 7.08. The molecule has 0 atom stereocenters. The van der Waals surface area contributed by atoms with Crippen molar-refractivity contribution in [3.05, 3.63) is 88.7 Å². The summed E-state index contributed by atoms with van der Waals surface area (Å²) >= 11 is 0. The van der Waals surface area contributed by atoms with Crippen LogP contribution in [0.5, 0.6) is 0 Å². The number of nitrogens with one attached hydrogen (secondary N) is 1. The highest BCUT2D eigenvalue weighted by Gasteiger charge is 2.16. The monoisotopic (exact) mass is 390 g/mol. The van der Waals surface area contributed by atoms with E-state index in [1.165, 1.54) is 4.90 Å². The van der Waals surface area contributed by atoms with Crippen LogP contribution in [-0.2, 0) is 19.5 Å². The summed E-state index contributed by atoms with van der Waals surface area (Å²) in [4.78, 5) is 26.2. The lowest BCUT2D eigenvalue weighted by molar-refractivity contribution is 0.0827. The van der Waals surface area contributed by atoms with Crippen molar-refractivity contribution in [3.8, 4) is 0 Å². The number of benzene rings is 2. The van der Waals surface area contributed by atoms with E-state index in [0.29, 0.717) is 24.2 Å². The van der Waals surface area contributed by atoms with E-state index < -0.39 is 0 Å². The molecule has 0 aliphatic heterocycles. The maximum absolute atomic E-state index is 12.7. The summed E-state index contributed by atoms with van der Waals surface area (Å²) in [6.07, 6.45) is 2.35. The molecule has 6 heteroatoms. The number of rotatable bonds is 7. The normalized spacial score (nSPS) is 10.6. The Morgan fingerprint density at radius 2 is 1.69 bits per heavy atom. The van der Waals surface area contributed by atoms with E-state index in [9.17, 15) is 9.59 Å². The molecule has 3 aromatic rings. The van der Waals surface area contributed by atoms with Crippen LogP contribution in [0.1, 0.15) is 44.5 Å². The fourth-order valence-electron chi connectivity index (χ4n) is 3.17. The van der Waals surface area contributed by atoms with Gasteiger partial charge in [0.15, 0.2) is 0 Å². The molecule has 2 aromatic carbocycles. The van der Waals surface area contributed by atoms with E-state index in [2.05, 4.69) is 10.4 Å². The molecule has 150 valence electrons. The molecule has 3 rings (SSSR count). The fourth-order valence-corrected chi connectivity index (χ4v) is 3.17. The number of hydrogen-bond acceptors (Lipinski definition) is 3. The molecule has 1 aromatic heterocycles. The van der Waals surface area contributed by atoms with Crippen molar-refractivity contribution in [3.63, 3.8) is 0 Å². The van der Waals surface area contributed by atoms with Gasteiger partial charge in [0.05, 0.1) is 24.0 Å². The Balaban J connectivity index is 1.66. The zero-order chi connectivity index (χ0) is 20.8. The van der Waals surface area contributed by atoms with Crippen molar-refractivity contribution in [1.82, 2.24) is 20.0 Å². The Labute approximate surface area is 171 Å². The number of carbonyl (C=O) groups is 2. The van der Waals surface area contributed by atoms with E-state index in [1.807, 2.05) is 54.1 Å². The van der Waals surface area contributed by atoms with Crippen LogP contribution in [0.15, 0.2) is 60.8 Å². The summed E-state index contributed by atoms with van der Waals surface area (Å²) in [5, 5.41) is 7.37. The van der Waals surface area contributed by atoms with Crippen molar-refractivity contribution in [2.75, 3.05) is 14.1 Å². The second-order valence-corrected chi connectivity index (χ2v) is 7.08. The first-order valence-corrected chi connectivity index (χ1v) is 9.67. The molecule has 6 nitrogen and oxygen atoms in total. The van der Waals surface area contributed by atoms with E-state index in [4.69, 9.17) is 0 Å². The highest BCUT2D eigenvalue weighted by atomic mass is 16.2. The van der Waals surface area contributed by atoms with Gasteiger partial charge in [0, 0.05) is 26.2 Å². The van der Waals surface area contributed by atoms with Gasteiger partial charge in [-0.1, -0.05) is 49.4 Å². The lowest BCUT2D eigenvalue weighted by Gasteiger charge is -2.11. The Morgan fingerprint density at radius 1 is 1.00 bits per heavy atom. The van der Waals surface area contributed by atoms with Crippen molar-refractivity contribution in [2.45, 2.75) is 26.4 Å². The van der Waals surface area contributed by atoms with Crippen LogP contribution in [0, 0.1) is 0 Å². The van der Waals surface area contributed by atoms with Crippen LogP contribution in [0.2, 0.25) is 0 Å². The molecule has 0 radical (unpaired) electrons. The minimum Gasteiger partial charge on any atom is -0.348 e. The Hall–Kier alpha value is -3.41. The van der Waals surface area contributed by atoms with Crippen molar-refractivity contribution >= 4 is 11.8 Å². The van der Waals surface area contributed by atoms with Gasteiger partial charge in [0.1, 0.15) is 0 Å². The lowest BCUT2D eigenvalue weighted by atomic mass is 10.1. The smallest absolute Gasteiger partial charge is 0.255 e. The predicted octanol–water partition coefficient (Wildman–Crippen LogP) is 3.13. The Kier molecular flexibility index (Phi) is 6.44. The Bertz CT molecular complexity index is 976. The first-order chi connectivity index (χ1) is 14.0. The summed E-state index contributed by atoms with van der Waals surface area (Å²) in [7, 11) is 3.44. The van der Waals surface area contributed by atoms with Crippen LogP contribution in [-0.4, -0.2) is 40.6 Å². The summed E-state index contributed by atoms with van der Waals surface area (Å²) in [6, 6.07) is 17.3. The molecule has 1 heterocycles. The van der Waals surface area contributed by atoms with Crippen molar-refractivity contribution in [2.24, 2.45) is 0 Å². The van der Waals surface area contributed by atoms with Crippen LogP contribution >= 0.6 is 0 Å². The van der Waals surface area contributed by atoms with Gasteiger partial charge in [-0.2, -0.15) is 5.10 Å². The molecule has 2 amide bonds. The third-order valence-electron chi connectivity index (χ3n) is 4.76. The van der Waals surface area contributed by atoms with E-state index in [0.717, 1.165) is 23.2 Å². The topological polar surface area (TPSA) is 67.2 Å². The molecule has 0 bridgehead atoms. The fraction of sp³-hybridized carbons (Fsp3) is 0.261. The first-order valence-electron chi connectivity index (χ1n) is 9.67. The summed E-state index contributed by atoms with van der Waals surface area (Å²) in [5.74, 6) is -0.186. The molecule has 0 spiro atoms. The largest absolute Gasteiger partial charge is 0.348 e. The van der Waals surface area contributed by atoms with Crippen LogP contribution in [0.4, 0.5) is 0 Å². The lowest BCUT2D eigenvalue weighted by Crippen LogP contribution is -2.24. The summed E-state index contributed by atoms with van der Waals surface area (Å²) < 4.78 is 1.88. The molecule has 0 unspecified atom stereocenters. The zero-order valence-electron chi connectivity index (χ0n) is 17.1. The third-order valence-corrected chi connectivity index (χ3v) is 4.76. The molecular formula is C23H26N4O2. The minimum atomic E-state index is -0.144. The van der Waals surface area contributed by atoms with Gasteiger partial charge in [0.25, 0.3) is 11.8 Å². The molecular weight excluding hydrogens is 364 g/mol. The van der Waals surface area contributed by atoms with Gasteiger partial charge in [-0.15, -0.1) is 0 Å². The SMILES string of the molecule is CCc1c(C(=O)NCc2ccc(C(=O)N(C)C)cc2)cnn1Cc1ccccc1. The number of hydrogen-bond donors (Lipinski definition) is 1. The molecule has 0 saturated carbocycles. The maximum atomic E-state index is 12.7. The van der Waals surface area contributed by atoms with Gasteiger partial charge < -0.3 is 10.2 Å². The number of nitrogens with zero attached hydrogens (tertiary/aromatic N) is 3. The second kappa shape index (κ2) is 9.19. The minimum absolute atomic E-state index is 0.0426. The van der Waals surface area contributed by atoms with E-state index >= 15 is 0 Å². The van der Waals surface area contributed by atoms with Gasteiger partial charge >= 0.3 is 0 Å². The highest BCUT2D eigenvalue weighted by molar-refractivity contribution is 5.95. The molecule has 1 N–H and O–H groups in total. The van der Waals surface area contributed by atoms with Crippen LogP contribution in [0.3, 0.4) is 0 Å². The quantitative estimate of drug-likeness (QED) is 0.674. The van der Waals surface area contributed by atoms with E-state index in [1.54, 1.807) is 32.4 Å². The third kappa shape index (κ3) is 4.90. The number of amides is 2. The zero-order valence-corrected chi connectivity index (χ0v) is 17.1. The summed E-state index contributed by atoms with van der Waals surface area (Å²) in [6.45, 7) is 3.05. The molecule has 0 aliphatic carbocycles. The van der Waals surface area contributed by atoms with Gasteiger partial charge in [-0.25, -0.2) is 0 Å². The van der Waals surface area contributed by atoms with E-state index in [-0.39, 0.29) is 11.8 Å². The standard InChI is InChI=1S/C23H26N4O2/c1-4-21-20(15-25-27(21)16-18-8-6-5-7-9-18)22(28)24-14-17-10-12-19(13-11-17)23(29)26(2)3/h5-13,15H,4,14,16H2,1-3H3,(H,24,28). The highest BCUT2D eigenvalue weighted by Crippen LogP contribution is 2.13.